The van der Waals surface area contributed by atoms with Crippen LogP contribution in [0.2, 0.25) is 0 Å². The molecule has 1 aliphatic rings. The van der Waals surface area contributed by atoms with Gasteiger partial charge in [0, 0.05) is 24.1 Å². The molecule has 0 spiro atoms. The van der Waals surface area contributed by atoms with Crippen LogP contribution in [-0.4, -0.2) is 36.1 Å². The molecule has 3 amide bonds. The van der Waals surface area contributed by atoms with Crippen molar-refractivity contribution < 1.29 is 28.7 Å². The molecule has 8 heteroatoms. The van der Waals surface area contributed by atoms with E-state index in [0.29, 0.717) is 16.9 Å². The van der Waals surface area contributed by atoms with Crippen molar-refractivity contribution in [2.75, 3.05) is 16.8 Å². The van der Waals surface area contributed by atoms with E-state index in [1.807, 2.05) is 0 Å². The van der Waals surface area contributed by atoms with E-state index in [1.165, 1.54) is 37.3 Å². The van der Waals surface area contributed by atoms with Crippen LogP contribution >= 0.6 is 0 Å². The maximum absolute atomic E-state index is 12.1. The lowest BCUT2D eigenvalue weighted by atomic mass is 10.1. The molecule has 0 saturated carbocycles. The zero-order chi connectivity index (χ0) is 21.0. The van der Waals surface area contributed by atoms with Gasteiger partial charge >= 0.3 is 5.97 Å². The van der Waals surface area contributed by atoms with Gasteiger partial charge in [-0.05, 0) is 43.3 Å². The molecule has 0 radical (unpaired) electrons. The number of imide groups is 1. The van der Waals surface area contributed by atoms with Crippen molar-refractivity contribution in [3.05, 3.63) is 59.7 Å². The molecule has 148 valence electrons. The molecule has 1 saturated heterocycles. The van der Waals surface area contributed by atoms with E-state index in [0.717, 1.165) is 4.90 Å². The lowest BCUT2D eigenvalue weighted by Gasteiger charge is -2.14. The number of carbonyl (C=O) groups excluding carboxylic acids is 5. The van der Waals surface area contributed by atoms with Gasteiger partial charge in [0.05, 0.1) is 11.3 Å². The topological polar surface area (TPSA) is 110 Å². The predicted octanol–water partition coefficient (Wildman–Crippen LogP) is 2.34. The van der Waals surface area contributed by atoms with Gasteiger partial charge in [-0.3, -0.25) is 24.1 Å². The fourth-order valence-electron chi connectivity index (χ4n) is 2.84. The normalized spacial score (nSPS) is 13.3. The predicted molar refractivity (Wildman–Crippen MR) is 104 cm³/mol. The summed E-state index contributed by atoms with van der Waals surface area (Å²) in [5.41, 5.74) is 1.44. The minimum atomic E-state index is -0.719. The lowest BCUT2D eigenvalue weighted by molar-refractivity contribution is -0.121. The highest BCUT2D eigenvalue weighted by Gasteiger charge is 2.30. The highest BCUT2D eigenvalue weighted by molar-refractivity contribution is 6.19. The number of hydrogen-bond acceptors (Lipinski definition) is 6. The highest BCUT2D eigenvalue weighted by Crippen LogP contribution is 2.23. The minimum Gasteiger partial charge on any atom is -0.452 e. The standard InChI is InChI=1S/C21H18N2O6/c1-13(24)15-3-2-4-16(11-15)22-18(25)12-29-21(28)14-5-7-17(8-6-14)23-19(26)9-10-20(23)27/h2-8,11H,9-10,12H2,1H3,(H,22,25). The number of esters is 1. The smallest absolute Gasteiger partial charge is 0.338 e. The number of ketones is 1. The van der Waals surface area contributed by atoms with E-state index in [-0.39, 0.29) is 36.0 Å². The first-order chi connectivity index (χ1) is 13.8. The fraction of sp³-hybridized carbons (Fsp3) is 0.190. The number of hydrogen-bond donors (Lipinski definition) is 1. The molecule has 0 bridgehead atoms. The van der Waals surface area contributed by atoms with Crippen molar-refractivity contribution in [1.29, 1.82) is 0 Å². The van der Waals surface area contributed by atoms with Crippen LogP contribution in [0.3, 0.4) is 0 Å². The molecule has 1 N–H and O–H groups in total. The average Bonchev–Trinajstić information content (AvgIpc) is 3.04. The van der Waals surface area contributed by atoms with Gasteiger partial charge in [0.1, 0.15) is 0 Å². The Morgan fingerprint density at radius 2 is 1.62 bits per heavy atom. The largest absolute Gasteiger partial charge is 0.452 e. The summed E-state index contributed by atoms with van der Waals surface area (Å²) in [7, 11) is 0. The van der Waals surface area contributed by atoms with Gasteiger partial charge in [0.25, 0.3) is 5.91 Å². The second kappa shape index (κ2) is 8.47. The van der Waals surface area contributed by atoms with Crippen molar-refractivity contribution in [2.45, 2.75) is 19.8 Å². The molecule has 0 aromatic heterocycles. The van der Waals surface area contributed by atoms with Crippen LogP contribution in [-0.2, 0) is 19.1 Å². The van der Waals surface area contributed by atoms with Crippen molar-refractivity contribution in [3.8, 4) is 0 Å². The fourth-order valence-corrected chi connectivity index (χ4v) is 2.84. The molecular weight excluding hydrogens is 376 g/mol. The zero-order valence-electron chi connectivity index (χ0n) is 15.6. The van der Waals surface area contributed by atoms with Gasteiger partial charge in [0.2, 0.25) is 11.8 Å². The molecule has 8 nitrogen and oxygen atoms in total. The SMILES string of the molecule is CC(=O)c1cccc(NC(=O)COC(=O)c2ccc(N3C(=O)CCC3=O)cc2)c1. The molecule has 2 aromatic carbocycles. The Labute approximate surface area is 166 Å². The van der Waals surface area contributed by atoms with E-state index in [2.05, 4.69) is 5.32 Å². The van der Waals surface area contributed by atoms with Gasteiger partial charge in [-0.15, -0.1) is 0 Å². The van der Waals surface area contributed by atoms with E-state index < -0.39 is 18.5 Å². The number of nitrogens with zero attached hydrogens (tertiary/aromatic N) is 1. The van der Waals surface area contributed by atoms with E-state index in [9.17, 15) is 24.0 Å². The van der Waals surface area contributed by atoms with Crippen molar-refractivity contribution >= 4 is 40.8 Å². The summed E-state index contributed by atoms with van der Waals surface area (Å²) >= 11 is 0. The van der Waals surface area contributed by atoms with Crippen LogP contribution in [0.1, 0.15) is 40.5 Å². The molecule has 0 atom stereocenters. The Morgan fingerprint density at radius 1 is 0.966 bits per heavy atom. The molecule has 1 fully saturated rings. The first-order valence-corrected chi connectivity index (χ1v) is 8.89. The molecule has 29 heavy (non-hydrogen) atoms. The third-order valence-corrected chi connectivity index (χ3v) is 4.30. The summed E-state index contributed by atoms with van der Waals surface area (Å²) in [5, 5.41) is 2.55. The Hall–Kier alpha value is -3.81. The monoisotopic (exact) mass is 394 g/mol. The Kier molecular flexibility index (Phi) is 5.82. The van der Waals surface area contributed by atoms with Crippen molar-refractivity contribution in [3.63, 3.8) is 0 Å². The summed E-state index contributed by atoms with van der Waals surface area (Å²) in [4.78, 5) is 60.0. The van der Waals surface area contributed by atoms with Crippen LogP contribution in [0.5, 0.6) is 0 Å². The highest BCUT2D eigenvalue weighted by atomic mass is 16.5. The lowest BCUT2D eigenvalue weighted by Crippen LogP contribution is -2.28. The summed E-state index contributed by atoms with van der Waals surface area (Å²) < 4.78 is 4.98. The van der Waals surface area contributed by atoms with Gasteiger partial charge in [-0.25, -0.2) is 4.79 Å². The maximum Gasteiger partial charge on any atom is 0.338 e. The van der Waals surface area contributed by atoms with E-state index >= 15 is 0 Å². The Bertz CT molecular complexity index is 980. The second-order valence-corrected chi connectivity index (χ2v) is 6.43. The summed E-state index contributed by atoms with van der Waals surface area (Å²) in [5.74, 6) is -1.97. The van der Waals surface area contributed by atoms with Crippen LogP contribution in [0.25, 0.3) is 0 Å². The number of anilines is 2. The quantitative estimate of drug-likeness (QED) is 0.457. The van der Waals surface area contributed by atoms with Gasteiger partial charge in [0.15, 0.2) is 12.4 Å². The van der Waals surface area contributed by atoms with Crippen LogP contribution in [0, 0.1) is 0 Å². The Morgan fingerprint density at radius 3 is 2.24 bits per heavy atom. The van der Waals surface area contributed by atoms with E-state index in [4.69, 9.17) is 4.74 Å². The zero-order valence-corrected chi connectivity index (χ0v) is 15.6. The molecule has 0 unspecified atom stereocenters. The first-order valence-electron chi connectivity index (χ1n) is 8.89. The number of benzene rings is 2. The van der Waals surface area contributed by atoms with Gasteiger partial charge in [-0.1, -0.05) is 12.1 Å². The van der Waals surface area contributed by atoms with Gasteiger partial charge in [-0.2, -0.15) is 0 Å². The van der Waals surface area contributed by atoms with Gasteiger partial charge < -0.3 is 10.1 Å². The summed E-state index contributed by atoms with van der Waals surface area (Å²) in [6.07, 6.45) is 0.347. The Balaban J connectivity index is 1.56. The third kappa shape index (κ3) is 4.73. The minimum absolute atomic E-state index is 0.131. The van der Waals surface area contributed by atoms with Crippen LogP contribution in [0.15, 0.2) is 48.5 Å². The molecule has 1 aliphatic heterocycles. The van der Waals surface area contributed by atoms with E-state index in [1.54, 1.807) is 18.2 Å². The number of Topliss-reactive ketones (excluding diaryl/α,β-unsaturated/α-hetero) is 1. The molecule has 2 aromatic rings. The molecular formula is C21H18N2O6. The van der Waals surface area contributed by atoms with Crippen molar-refractivity contribution in [1.82, 2.24) is 0 Å². The van der Waals surface area contributed by atoms with Crippen molar-refractivity contribution in [2.24, 2.45) is 0 Å². The first kappa shape index (κ1) is 19.9. The second-order valence-electron chi connectivity index (χ2n) is 6.43. The summed E-state index contributed by atoms with van der Waals surface area (Å²) in [6.45, 7) is 0.914. The summed E-state index contributed by atoms with van der Waals surface area (Å²) in [6, 6.07) is 12.2. The maximum atomic E-state index is 12.1. The number of rotatable bonds is 6. The molecule has 0 aliphatic carbocycles. The average molecular weight is 394 g/mol. The number of nitrogens with one attached hydrogen (secondary N) is 1. The number of ether oxygens (including phenoxy) is 1. The third-order valence-electron chi connectivity index (χ3n) is 4.30. The van der Waals surface area contributed by atoms with Crippen LogP contribution in [0.4, 0.5) is 11.4 Å². The molecule has 1 heterocycles. The number of amides is 3. The van der Waals surface area contributed by atoms with Crippen LogP contribution < -0.4 is 10.2 Å². The number of carbonyl (C=O) groups is 5. The molecule has 3 rings (SSSR count).